The largest absolute Gasteiger partial charge is 0.481 e. The third kappa shape index (κ3) is 3.88. The van der Waals surface area contributed by atoms with Gasteiger partial charge >= 0.3 is 12.1 Å². The molecular formula is C15H10F3N3O3S2. The maximum absolute atomic E-state index is 13.1. The van der Waals surface area contributed by atoms with Crippen LogP contribution < -0.4 is 5.32 Å². The van der Waals surface area contributed by atoms with Gasteiger partial charge in [-0.05, 0) is 6.07 Å². The molecule has 2 N–H and O–H groups in total. The zero-order valence-electron chi connectivity index (χ0n) is 12.8. The molecule has 1 amide bonds. The number of fused-ring (bicyclic) bond motifs is 1. The molecule has 0 spiro atoms. The van der Waals surface area contributed by atoms with Crippen LogP contribution in [0.5, 0.6) is 0 Å². The summed E-state index contributed by atoms with van der Waals surface area (Å²) in [7, 11) is 0. The Hall–Kier alpha value is -2.40. The molecule has 1 fully saturated rings. The second kappa shape index (κ2) is 7.08. The molecule has 136 valence electrons. The van der Waals surface area contributed by atoms with Crippen LogP contribution in [0.4, 0.5) is 13.2 Å². The molecule has 6 nitrogen and oxygen atoms in total. The highest BCUT2D eigenvalue weighted by molar-refractivity contribution is 8.15. The monoisotopic (exact) mass is 401 g/mol. The standard InChI is InChI=1S/C15H10F3N3O3S2/c16-15(17,18)8-6-25-9-3-1-2-7(12(8)9)5-19-21-14-20-13(24)10(26-14)4-11(22)23/h1-3,5-6,10H,4H2,(H,22,23)(H,20,21,24). The van der Waals surface area contributed by atoms with Crippen molar-refractivity contribution in [3.63, 3.8) is 0 Å². The van der Waals surface area contributed by atoms with Crippen molar-refractivity contribution in [3.05, 3.63) is 34.7 Å². The molecule has 11 heteroatoms. The summed E-state index contributed by atoms with van der Waals surface area (Å²) in [6, 6.07) is 4.69. The lowest BCUT2D eigenvalue weighted by Gasteiger charge is -2.06. The first-order valence-electron chi connectivity index (χ1n) is 7.13. The lowest BCUT2D eigenvalue weighted by molar-refractivity contribution is -0.138. The van der Waals surface area contributed by atoms with Crippen molar-refractivity contribution < 1.29 is 27.9 Å². The number of carboxylic acids is 1. The molecular weight excluding hydrogens is 391 g/mol. The lowest BCUT2D eigenvalue weighted by atomic mass is 10.1. The van der Waals surface area contributed by atoms with E-state index in [9.17, 15) is 22.8 Å². The second-order valence-electron chi connectivity index (χ2n) is 5.21. The summed E-state index contributed by atoms with van der Waals surface area (Å²) in [5.41, 5.74) is -0.492. The minimum Gasteiger partial charge on any atom is -0.481 e. The highest BCUT2D eigenvalue weighted by Crippen LogP contribution is 2.39. The topological polar surface area (TPSA) is 91.1 Å². The summed E-state index contributed by atoms with van der Waals surface area (Å²) in [5.74, 6) is -1.61. The van der Waals surface area contributed by atoms with Crippen molar-refractivity contribution in [1.29, 1.82) is 0 Å². The fourth-order valence-electron chi connectivity index (χ4n) is 2.32. The molecule has 26 heavy (non-hydrogen) atoms. The van der Waals surface area contributed by atoms with E-state index in [-0.39, 0.29) is 22.5 Å². The summed E-state index contributed by atoms with van der Waals surface area (Å²) >= 11 is 1.90. The number of nitrogens with zero attached hydrogens (tertiary/aromatic N) is 2. The molecule has 0 saturated carbocycles. The number of nitrogens with one attached hydrogen (secondary N) is 1. The molecule has 2 heterocycles. The van der Waals surface area contributed by atoms with E-state index in [1.165, 1.54) is 12.3 Å². The number of amides is 1. The Morgan fingerprint density at radius 1 is 1.38 bits per heavy atom. The van der Waals surface area contributed by atoms with E-state index in [0.29, 0.717) is 4.70 Å². The third-order valence-electron chi connectivity index (χ3n) is 3.42. The number of alkyl halides is 3. The van der Waals surface area contributed by atoms with Crippen LogP contribution in [0.1, 0.15) is 17.5 Å². The summed E-state index contributed by atoms with van der Waals surface area (Å²) in [6.07, 6.45) is -3.66. The average molecular weight is 401 g/mol. The van der Waals surface area contributed by atoms with Crippen molar-refractivity contribution in [2.45, 2.75) is 17.8 Å². The SMILES string of the molecule is O=C(O)CC1SC(=NN=Cc2cccc3scc(C(F)(F)F)c23)NC1=O. The zero-order valence-corrected chi connectivity index (χ0v) is 14.4. The normalized spacial score (nSPS) is 19.6. The summed E-state index contributed by atoms with van der Waals surface area (Å²) in [4.78, 5) is 22.3. The number of halogens is 3. The van der Waals surface area contributed by atoms with Crippen molar-refractivity contribution in [1.82, 2.24) is 5.32 Å². The Labute approximate surface area is 152 Å². The summed E-state index contributed by atoms with van der Waals surface area (Å²) < 4.78 is 39.8. The molecule has 2 aromatic rings. The van der Waals surface area contributed by atoms with Gasteiger partial charge in [-0.1, -0.05) is 23.9 Å². The molecule has 1 unspecified atom stereocenters. The number of carboxylic acid groups (broad SMARTS) is 1. The molecule has 0 aliphatic carbocycles. The van der Waals surface area contributed by atoms with Crippen LogP contribution in [0.25, 0.3) is 10.1 Å². The minimum atomic E-state index is -4.48. The average Bonchev–Trinajstić information content (AvgIpc) is 3.11. The fraction of sp³-hybridized carbons (Fsp3) is 0.200. The van der Waals surface area contributed by atoms with Gasteiger partial charge in [-0.2, -0.15) is 18.3 Å². The van der Waals surface area contributed by atoms with Crippen molar-refractivity contribution in [2.75, 3.05) is 0 Å². The van der Waals surface area contributed by atoms with Gasteiger partial charge in [-0.15, -0.1) is 16.4 Å². The Bertz CT molecular complexity index is 937. The number of benzene rings is 1. The van der Waals surface area contributed by atoms with Crippen LogP contribution in [0.3, 0.4) is 0 Å². The van der Waals surface area contributed by atoms with Crippen LogP contribution in [0.2, 0.25) is 0 Å². The number of amidine groups is 1. The third-order valence-corrected chi connectivity index (χ3v) is 5.44. The molecule has 1 aromatic carbocycles. The van der Waals surface area contributed by atoms with Crippen molar-refractivity contribution >= 4 is 56.4 Å². The number of aliphatic carboxylic acids is 1. The number of rotatable bonds is 4. The van der Waals surface area contributed by atoms with E-state index in [1.54, 1.807) is 12.1 Å². The van der Waals surface area contributed by atoms with Gasteiger partial charge in [0.15, 0.2) is 5.17 Å². The first-order valence-corrected chi connectivity index (χ1v) is 8.89. The summed E-state index contributed by atoms with van der Waals surface area (Å²) in [5, 5.41) is 19.0. The predicted molar refractivity (Wildman–Crippen MR) is 93.6 cm³/mol. The molecule has 1 aromatic heterocycles. The smallest absolute Gasteiger partial charge is 0.417 e. The first-order chi connectivity index (χ1) is 12.3. The zero-order chi connectivity index (χ0) is 18.9. The number of hydrogen-bond donors (Lipinski definition) is 2. The van der Waals surface area contributed by atoms with E-state index < -0.39 is 28.9 Å². The quantitative estimate of drug-likeness (QED) is 0.607. The van der Waals surface area contributed by atoms with Crippen LogP contribution >= 0.6 is 23.1 Å². The van der Waals surface area contributed by atoms with Crippen molar-refractivity contribution in [3.8, 4) is 0 Å². The van der Waals surface area contributed by atoms with Gasteiger partial charge in [-0.25, -0.2) is 0 Å². The van der Waals surface area contributed by atoms with Crippen molar-refractivity contribution in [2.24, 2.45) is 10.2 Å². The van der Waals surface area contributed by atoms with E-state index in [0.717, 1.165) is 28.5 Å². The van der Waals surface area contributed by atoms with Gasteiger partial charge in [-0.3, -0.25) is 9.59 Å². The molecule has 1 saturated heterocycles. The first kappa shape index (κ1) is 18.4. The minimum absolute atomic E-state index is 0.0424. The van der Waals surface area contributed by atoms with Crippen LogP contribution in [0, 0.1) is 0 Å². The Kier molecular flexibility index (Phi) is 5.01. The molecule has 0 radical (unpaired) electrons. The fourth-order valence-corrected chi connectivity index (χ4v) is 4.23. The van der Waals surface area contributed by atoms with Crippen LogP contribution in [0.15, 0.2) is 33.8 Å². The van der Waals surface area contributed by atoms with Gasteiger partial charge in [0.05, 0.1) is 18.2 Å². The van der Waals surface area contributed by atoms with E-state index >= 15 is 0 Å². The van der Waals surface area contributed by atoms with Gasteiger partial charge in [0, 0.05) is 21.0 Å². The van der Waals surface area contributed by atoms with E-state index in [1.807, 2.05) is 0 Å². The van der Waals surface area contributed by atoms with Gasteiger partial charge in [0.2, 0.25) is 5.91 Å². The highest BCUT2D eigenvalue weighted by Gasteiger charge is 2.34. The van der Waals surface area contributed by atoms with Gasteiger partial charge in [0.1, 0.15) is 5.25 Å². The van der Waals surface area contributed by atoms with Crippen LogP contribution in [-0.2, 0) is 15.8 Å². The number of thiophene rings is 1. The highest BCUT2D eigenvalue weighted by atomic mass is 32.2. The number of hydrogen-bond acceptors (Lipinski definition) is 6. The number of carbonyl (C=O) groups is 2. The van der Waals surface area contributed by atoms with Crippen LogP contribution in [-0.4, -0.2) is 33.6 Å². The second-order valence-corrected chi connectivity index (χ2v) is 7.31. The Morgan fingerprint density at radius 2 is 2.15 bits per heavy atom. The Balaban J connectivity index is 1.85. The van der Waals surface area contributed by atoms with Gasteiger partial charge < -0.3 is 10.4 Å². The van der Waals surface area contributed by atoms with E-state index in [2.05, 4.69) is 15.5 Å². The molecule has 1 atom stereocenters. The maximum atomic E-state index is 13.1. The number of thioether (sulfide) groups is 1. The molecule has 1 aliphatic heterocycles. The van der Waals surface area contributed by atoms with Gasteiger partial charge in [0.25, 0.3) is 0 Å². The lowest BCUT2D eigenvalue weighted by Crippen LogP contribution is -2.26. The van der Waals surface area contributed by atoms with E-state index in [4.69, 9.17) is 5.11 Å². The molecule has 1 aliphatic rings. The maximum Gasteiger partial charge on any atom is 0.417 e. The predicted octanol–water partition coefficient (Wildman–Crippen LogP) is 3.32. The molecule has 0 bridgehead atoms. The molecule has 3 rings (SSSR count). The number of carbonyl (C=O) groups excluding carboxylic acids is 1. The summed E-state index contributed by atoms with van der Waals surface area (Å²) in [6.45, 7) is 0. The Morgan fingerprint density at radius 3 is 2.85 bits per heavy atom.